The second-order valence-corrected chi connectivity index (χ2v) is 10.6. The summed E-state index contributed by atoms with van der Waals surface area (Å²) in [5, 5.41) is 0.804. The number of fused-ring (bicyclic) bond motifs is 1. The van der Waals surface area contributed by atoms with Crippen molar-refractivity contribution in [2.24, 2.45) is 5.92 Å². The molecule has 1 aromatic heterocycles. The maximum absolute atomic E-state index is 13.3. The SMILES string of the molecule is O=C(C1CCN(S(=O)(=O)c2cccc3cccnc23)CC1)N1CCN(c2ccccc2)CC1. The van der Waals surface area contributed by atoms with Crippen LogP contribution in [0, 0.1) is 5.92 Å². The van der Waals surface area contributed by atoms with E-state index in [1.807, 2.05) is 35.2 Å². The van der Waals surface area contributed by atoms with Gasteiger partial charge in [0.2, 0.25) is 15.9 Å². The van der Waals surface area contributed by atoms with Crippen LogP contribution in [0.1, 0.15) is 12.8 Å². The van der Waals surface area contributed by atoms with E-state index in [0.29, 0.717) is 44.5 Å². The van der Waals surface area contributed by atoms with E-state index in [1.165, 1.54) is 9.99 Å². The molecule has 2 fully saturated rings. The number of sulfonamides is 1. The molecule has 2 aliphatic heterocycles. The van der Waals surface area contributed by atoms with Gasteiger partial charge in [-0.2, -0.15) is 4.31 Å². The number of nitrogens with zero attached hydrogens (tertiary/aromatic N) is 4. The van der Waals surface area contributed by atoms with E-state index in [4.69, 9.17) is 0 Å². The Morgan fingerprint density at radius 3 is 2.24 bits per heavy atom. The number of piperazine rings is 1. The quantitative estimate of drug-likeness (QED) is 0.594. The molecule has 0 saturated carbocycles. The Bertz CT molecular complexity index is 1230. The van der Waals surface area contributed by atoms with Crippen LogP contribution in [0.2, 0.25) is 0 Å². The molecule has 0 bridgehead atoms. The molecule has 8 heteroatoms. The molecule has 0 radical (unpaired) electrons. The third-order valence-electron chi connectivity index (χ3n) is 6.73. The summed E-state index contributed by atoms with van der Waals surface area (Å²) < 4.78 is 28.2. The lowest BCUT2D eigenvalue weighted by Gasteiger charge is -2.39. The first kappa shape index (κ1) is 21.9. The number of hydrogen-bond acceptors (Lipinski definition) is 5. The maximum Gasteiger partial charge on any atom is 0.245 e. The number of carbonyl (C=O) groups is 1. The molecule has 0 spiro atoms. The number of para-hydroxylation sites is 2. The number of aromatic nitrogens is 1. The Labute approximate surface area is 194 Å². The third kappa shape index (κ3) is 4.32. The van der Waals surface area contributed by atoms with Crippen molar-refractivity contribution in [3.63, 3.8) is 0 Å². The molecule has 1 amide bonds. The van der Waals surface area contributed by atoms with Gasteiger partial charge in [0.1, 0.15) is 4.90 Å². The standard InChI is InChI=1S/C25H28N4O3S/c30-25(28-18-16-27(17-19-28)22-8-2-1-3-9-22)21-11-14-29(15-12-21)33(31,32)23-10-4-6-20-7-5-13-26-24(20)23/h1-10,13,21H,11-12,14-19H2. The molecule has 0 atom stereocenters. The van der Waals surface area contributed by atoms with Gasteiger partial charge in [-0.05, 0) is 37.1 Å². The lowest BCUT2D eigenvalue weighted by atomic mass is 9.96. The highest BCUT2D eigenvalue weighted by molar-refractivity contribution is 7.89. The van der Waals surface area contributed by atoms with Crippen LogP contribution in [-0.4, -0.2) is 67.8 Å². The number of benzene rings is 2. The molecule has 0 aliphatic carbocycles. The number of rotatable bonds is 4. The Morgan fingerprint density at radius 1 is 0.818 bits per heavy atom. The van der Waals surface area contributed by atoms with Gasteiger partial charge in [0.25, 0.3) is 0 Å². The zero-order chi connectivity index (χ0) is 22.8. The van der Waals surface area contributed by atoms with E-state index >= 15 is 0 Å². The van der Waals surface area contributed by atoms with Gasteiger partial charge in [0, 0.05) is 62.5 Å². The summed E-state index contributed by atoms with van der Waals surface area (Å²) in [4.78, 5) is 21.9. The molecule has 2 aromatic carbocycles. The Kier molecular flexibility index (Phi) is 6.03. The number of anilines is 1. The molecule has 0 unspecified atom stereocenters. The van der Waals surface area contributed by atoms with Crippen LogP contribution in [0.25, 0.3) is 10.9 Å². The van der Waals surface area contributed by atoms with E-state index in [0.717, 1.165) is 18.5 Å². The predicted octanol–water partition coefficient (Wildman–Crippen LogP) is 2.98. The lowest BCUT2D eigenvalue weighted by molar-refractivity contribution is -0.137. The number of amides is 1. The largest absolute Gasteiger partial charge is 0.368 e. The second-order valence-electron chi connectivity index (χ2n) is 8.66. The highest BCUT2D eigenvalue weighted by atomic mass is 32.2. The highest BCUT2D eigenvalue weighted by Gasteiger charge is 2.35. The van der Waals surface area contributed by atoms with Crippen molar-refractivity contribution < 1.29 is 13.2 Å². The van der Waals surface area contributed by atoms with Crippen LogP contribution in [0.5, 0.6) is 0 Å². The Morgan fingerprint density at radius 2 is 1.52 bits per heavy atom. The fourth-order valence-electron chi connectivity index (χ4n) is 4.85. The van der Waals surface area contributed by atoms with E-state index in [9.17, 15) is 13.2 Å². The number of pyridine rings is 1. The molecule has 2 saturated heterocycles. The van der Waals surface area contributed by atoms with Crippen LogP contribution in [0.15, 0.2) is 71.8 Å². The predicted molar refractivity (Wildman–Crippen MR) is 128 cm³/mol. The van der Waals surface area contributed by atoms with Gasteiger partial charge in [-0.3, -0.25) is 9.78 Å². The zero-order valence-electron chi connectivity index (χ0n) is 18.5. The molecule has 5 rings (SSSR count). The van der Waals surface area contributed by atoms with E-state index in [2.05, 4.69) is 22.0 Å². The number of carbonyl (C=O) groups excluding carboxylic acids is 1. The average molecular weight is 465 g/mol. The van der Waals surface area contributed by atoms with E-state index < -0.39 is 10.0 Å². The van der Waals surface area contributed by atoms with Crippen molar-refractivity contribution in [3.8, 4) is 0 Å². The summed E-state index contributed by atoms with van der Waals surface area (Å²) in [7, 11) is -3.66. The average Bonchev–Trinajstić information content (AvgIpc) is 2.88. The van der Waals surface area contributed by atoms with Crippen molar-refractivity contribution in [2.75, 3.05) is 44.2 Å². The van der Waals surface area contributed by atoms with Gasteiger partial charge < -0.3 is 9.80 Å². The fourth-order valence-corrected chi connectivity index (χ4v) is 6.48. The van der Waals surface area contributed by atoms with E-state index in [-0.39, 0.29) is 16.7 Å². The van der Waals surface area contributed by atoms with Gasteiger partial charge in [-0.25, -0.2) is 8.42 Å². The summed E-state index contributed by atoms with van der Waals surface area (Å²) in [6.45, 7) is 3.74. The maximum atomic E-state index is 13.3. The topological polar surface area (TPSA) is 73.8 Å². The zero-order valence-corrected chi connectivity index (χ0v) is 19.3. The van der Waals surface area contributed by atoms with Gasteiger partial charge in [0.05, 0.1) is 5.52 Å². The van der Waals surface area contributed by atoms with Gasteiger partial charge in [-0.1, -0.05) is 36.4 Å². The van der Waals surface area contributed by atoms with Crippen LogP contribution in [-0.2, 0) is 14.8 Å². The van der Waals surface area contributed by atoms with Crippen molar-refractivity contribution in [1.29, 1.82) is 0 Å². The third-order valence-corrected chi connectivity index (χ3v) is 8.66. The minimum atomic E-state index is -3.66. The normalized spacial score (nSPS) is 18.5. The summed E-state index contributed by atoms with van der Waals surface area (Å²) in [5.41, 5.74) is 1.68. The first-order valence-corrected chi connectivity index (χ1v) is 12.9. The molecule has 3 heterocycles. The second kappa shape index (κ2) is 9.11. The Balaban J connectivity index is 1.21. The molecular formula is C25H28N4O3S. The van der Waals surface area contributed by atoms with Gasteiger partial charge >= 0.3 is 0 Å². The molecule has 33 heavy (non-hydrogen) atoms. The van der Waals surface area contributed by atoms with Crippen LogP contribution >= 0.6 is 0 Å². The molecule has 3 aromatic rings. The minimum Gasteiger partial charge on any atom is -0.368 e. The number of piperidine rings is 1. The van der Waals surface area contributed by atoms with Crippen molar-refractivity contribution in [1.82, 2.24) is 14.2 Å². The molecule has 2 aliphatic rings. The molecule has 0 N–H and O–H groups in total. The molecule has 7 nitrogen and oxygen atoms in total. The van der Waals surface area contributed by atoms with Crippen LogP contribution < -0.4 is 4.90 Å². The van der Waals surface area contributed by atoms with Crippen molar-refractivity contribution in [3.05, 3.63) is 66.9 Å². The van der Waals surface area contributed by atoms with Crippen LogP contribution in [0.4, 0.5) is 5.69 Å². The summed E-state index contributed by atoms with van der Waals surface area (Å²) in [5.74, 6) is 0.0388. The van der Waals surface area contributed by atoms with E-state index in [1.54, 1.807) is 24.4 Å². The van der Waals surface area contributed by atoms with Crippen molar-refractivity contribution in [2.45, 2.75) is 17.7 Å². The molecule has 172 valence electrons. The van der Waals surface area contributed by atoms with Gasteiger partial charge in [0.15, 0.2) is 0 Å². The minimum absolute atomic E-state index is 0.120. The van der Waals surface area contributed by atoms with Gasteiger partial charge in [-0.15, -0.1) is 0 Å². The number of hydrogen-bond donors (Lipinski definition) is 0. The van der Waals surface area contributed by atoms with Crippen molar-refractivity contribution >= 4 is 32.5 Å². The van der Waals surface area contributed by atoms with Crippen LogP contribution in [0.3, 0.4) is 0 Å². The first-order valence-electron chi connectivity index (χ1n) is 11.5. The molecular weight excluding hydrogens is 436 g/mol. The lowest BCUT2D eigenvalue weighted by Crippen LogP contribution is -2.52. The highest BCUT2D eigenvalue weighted by Crippen LogP contribution is 2.29. The monoisotopic (exact) mass is 464 g/mol. The fraction of sp³-hybridized carbons (Fsp3) is 0.360. The smallest absolute Gasteiger partial charge is 0.245 e. The first-order chi connectivity index (χ1) is 16.0. The summed E-state index contributed by atoms with van der Waals surface area (Å²) in [6, 6.07) is 19.2. The Hall–Kier alpha value is -2.97. The summed E-state index contributed by atoms with van der Waals surface area (Å²) in [6.07, 6.45) is 2.72. The summed E-state index contributed by atoms with van der Waals surface area (Å²) >= 11 is 0.